The van der Waals surface area contributed by atoms with Crippen molar-refractivity contribution in [1.82, 2.24) is 21.3 Å². The van der Waals surface area contributed by atoms with Crippen LogP contribution in [0, 0.1) is 0 Å². The number of hydrogen-bond acceptors (Lipinski definition) is 10. The van der Waals surface area contributed by atoms with Crippen LogP contribution < -0.4 is 32.7 Å². The molecule has 0 spiro atoms. The monoisotopic (exact) mass is 787 g/mol. The number of carbonyl (C=O) groups is 6. The molecule has 1 aliphatic rings. The molecule has 10 N–H and O–H groups in total. The van der Waals surface area contributed by atoms with Gasteiger partial charge in [0.1, 0.15) is 11.6 Å². The highest BCUT2D eigenvalue weighted by Gasteiger charge is 2.05. The summed E-state index contributed by atoms with van der Waals surface area (Å²) in [6, 6.07) is 0. The van der Waals surface area contributed by atoms with Crippen LogP contribution in [0.1, 0.15) is 174 Å². The van der Waals surface area contributed by atoms with E-state index >= 15 is 0 Å². The molecule has 0 bridgehead atoms. The van der Waals surface area contributed by atoms with Crippen molar-refractivity contribution in [2.75, 3.05) is 52.4 Å². The molecule has 14 nitrogen and oxygen atoms in total. The fourth-order valence-electron chi connectivity index (χ4n) is 5.17. The van der Waals surface area contributed by atoms with Gasteiger partial charge in [0, 0.05) is 58.0 Å². The van der Waals surface area contributed by atoms with E-state index in [9.17, 15) is 28.8 Å². The van der Waals surface area contributed by atoms with Gasteiger partial charge in [-0.15, -0.1) is 0 Å². The van der Waals surface area contributed by atoms with Crippen molar-refractivity contribution in [1.29, 1.82) is 0 Å². The van der Waals surface area contributed by atoms with Gasteiger partial charge in [-0.05, 0) is 110 Å². The molecule has 0 radical (unpaired) electrons. The summed E-state index contributed by atoms with van der Waals surface area (Å²) in [7, 11) is 0. The number of carboxylic acid groups (broad SMARTS) is 2. The second-order valence-corrected chi connectivity index (χ2v) is 13.9. The Kier molecular flexibility index (Phi) is 48.4. The number of Topliss-reactive ketones (excluding diaryl/α,β-unsaturated/α-hetero) is 2. The molecule has 0 aromatic carbocycles. The zero-order valence-corrected chi connectivity index (χ0v) is 34.8. The summed E-state index contributed by atoms with van der Waals surface area (Å²) in [5.41, 5.74) is 10.6. The van der Waals surface area contributed by atoms with E-state index in [1.54, 1.807) is 0 Å². The van der Waals surface area contributed by atoms with Crippen LogP contribution in [0.3, 0.4) is 0 Å². The average molecular weight is 787 g/mol. The Bertz CT molecular complexity index is 907. The molecule has 324 valence electrons. The molecule has 2 amide bonds. The van der Waals surface area contributed by atoms with Crippen LogP contribution in [0.25, 0.3) is 0 Å². The molecule has 0 aromatic rings. The quantitative estimate of drug-likeness (QED) is 0.0401. The number of rotatable bonds is 32. The average Bonchev–Trinajstić information content (AvgIpc) is 3.42. The number of ketones is 2. The maximum absolute atomic E-state index is 11.8. The normalized spacial score (nSPS) is 12.0. The van der Waals surface area contributed by atoms with Gasteiger partial charge in [0.25, 0.3) is 0 Å². The maximum atomic E-state index is 11.8. The van der Waals surface area contributed by atoms with E-state index in [-0.39, 0.29) is 30.4 Å². The Balaban J connectivity index is -0.000000830. The molecule has 1 rings (SSSR count). The van der Waals surface area contributed by atoms with Gasteiger partial charge in [-0.25, -0.2) is 0 Å². The predicted molar refractivity (Wildman–Crippen MR) is 222 cm³/mol. The molecule has 14 heteroatoms. The molecular weight excluding hydrogens is 704 g/mol. The standard InChI is InChI=1S/C23H45N3O3.C6H16N2.C6H11NO.C6H10O4/c1-3-21(27)14-8-7-12-18-25-20-22(28)15-9-10-16-23(29)26-19-13-6-5-11-17-24-4-2;7-5-3-1-2-4-6-8;8-6-4-2-1-3-5-7-6;7-5(8)3-1-2-4-6(9)10/h24-25H,3-20H2,1-2H3,(H,26,29);1-8H2;1-5H2,(H,7,8);1-4H2,(H,7,8)(H,9,10). The molecule has 55 heavy (non-hydrogen) atoms. The number of aliphatic carboxylic acids is 2. The number of amides is 2. The zero-order valence-electron chi connectivity index (χ0n) is 34.8. The zero-order chi connectivity index (χ0) is 41.6. The van der Waals surface area contributed by atoms with E-state index in [2.05, 4.69) is 28.2 Å². The Morgan fingerprint density at radius 1 is 0.582 bits per heavy atom. The summed E-state index contributed by atoms with van der Waals surface area (Å²) in [6.07, 6.45) is 21.5. The molecule has 1 fully saturated rings. The summed E-state index contributed by atoms with van der Waals surface area (Å²) < 4.78 is 0. The first-order valence-corrected chi connectivity index (χ1v) is 21.4. The maximum Gasteiger partial charge on any atom is 0.303 e. The highest BCUT2D eigenvalue weighted by atomic mass is 16.4. The first kappa shape index (κ1) is 56.4. The van der Waals surface area contributed by atoms with Crippen LogP contribution in [-0.4, -0.2) is 97.9 Å². The lowest BCUT2D eigenvalue weighted by atomic mass is 10.1. The fourth-order valence-corrected chi connectivity index (χ4v) is 5.17. The molecule has 0 aliphatic carbocycles. The molecule has 1 heterocycles. The van der Waals surface area contributed by atoms with E-state index in [4.69, 9.17) is 21.7 Å². The summed E-state index contributed by atoms with van der Waals surface area (Å²) in [4.78, 5) is 65.2. The number of hydrogen-bond donors (Lipinski definition) is 8. The summed E-state index contributed by atoms with van der Waals surface area (Å²) in [5.74, 6) is -0.871. The van der Waals surface area contributed by atoms with Crippen molar-refractivity contribution in [3.05, 3.63) is 0 Å². The third-order valence-corrected chi connectivity index (χ3v) is 8.58. The lowest BCUT2D eigenvalue weighted by Gasteiger charge is -2.06. The summed E-state index contributed by atoms with van der Waals surface area (Å²) in [6.45, 7) is 10.7. The molecule has 1 aliphatic heterocycles. The van der Waals surface area contributed by atoms with Crippen molar-refractivity contribution in [3.63, 3.8) is 0 Å². The van der Waals surface area contributed by atoms with Gasteiger partial charge < -0.3 is 42.9 Å². The van der Waals surface area contributed by atoms with E-state index in [1.807, 2.05) is 6.92 Å². The highest BCUT2D eigenvalue weighted by Crippen LogP contribution is 2.04. The van der Waals surface area contributed by atoms with Crippen molar-refractivity contribution in [3.8, 4) is 0 Å². The second kappa shape index (κ2) is 47.2. The number of nitrogens with two attached hydrogens (primary N) is 2. The van der Waals surface area contributed by atoms with Crippen LogP contribution in [0.2, 0.25) is 0 Å². The Morgan fingerprint density at radius 2 is 1.07 bits per heavy atom. The van der Waals surface area contributed by atoms with Crippen molar-refractivity contribution in [2.24, 2.45) is 11.5 Å². The van der Waals surface area contributed by atoms with Crippen LogP contribution in [0.5, 0.6) is 0 Å². The van der Waals surface area contributed by atoms with Gasteiger partial charge in [0.2, 0.25) is 11.8 Å². The minimum atomic E-state index is -0.870. The highest BCUT2D eigenvalue weighted by molar-refractivity contribution is 5.80. The van der Waals surface area contributed by atoms with Gasteiger partial charge in [0.15, 0.2) is 0 Å². The second-order valence-electron chi connectivity index (χ2n) is 13.9. The van der Waals surface area contributed by atoms with Crippen molar-refractivity contribution >= 4 is 35.3 Å². The third-order valence-electron chi connectivity index (χ3n) is 8.58. The molecule has 0 atom stereocenters. The van der Waals surface area contributed by atoms with Gasteiger partial charge in [-0.3, -0.25) is 28.8 Å². The van der Waals surface area contributed by atoms with E-state index < -0.39 is 11.9 Å². The van der Waals surface area contributed by atoms with Gasteiger partial charge in [-0.2, -0.15) is 0 Å². The third kappa shape index (κ3) is 55.5. The Morgan fingerprint density at radius 3 is 1.64 bits per heavy atom. The first-order valence-electron chi connectivity index (χ1n) is 21.4. The molecule has 0 aromatic heterocycles. The molecular formula is C41H82N6O8. The van der Waals surface area contributed by atoms with Gasteiger partial charge in [-0.1, -0.05) is 52.4 Å². The van der Waals surface area contributed by atoms with Crippen LogP contribution in [-0.2, 0) is 28.8 Å². The summed E-state index contributed by atoms with van der Waals surface area (Å²) in [5, 5.41) is 28.5. The minimum Gasteiger partial charge on any atom is -0.481 e. The lowest BCUT2D eigenvalue weighted by Crippen LogP contribution is -2.25. The number of unbranched alkanes of at least 4 members (excludes halogenated alkanes) is 10. The van der Waals surface area contributed by atoms with E-state index in [1.165, 1.54) is 32.1 Å². The lowest BCUT2D eigenvalue weighted by molar-refractivity contribution is -0.139. The number of nitrogens with one attached hydrogen (secondary N) is 4. The summed E-state index contributed by atoms with van der Waals surface area (Å²) >= 11 is 0. The number of carboxylic acids is 2. The topological polar surface area (TPSA) is 243 Å². The van der Waals surface area contributed by atoms with Gasteiger partial charge in [0.05, 0.1) is 6.54 Å². The van der Waals surface area contributed by atoms with Crippen LogP contribution in [0.4, 0.5) is 0 Å². The van der Waals surface area contributed by atoms with Crippen LogP contribution >= 0.6 is 0 Å². The first-order chi connectivity index (χ1) is 26.5. The molecule has 0 unspecified atom stereocenters. The minimum absolute atomic E-state index is 0.0628. The molecule has 0 saturated carbocycles. The Hall–Kier alpha value is -2.94. The molecule has 1 saturated heterocycles. The largest absolute Gasteiger partial charge is 0.481 e. The van der Waals surface area contributed by atoms with E-state index in [0.29, 0.717) is 50.9 Å². The smallest absolute Gasteiger partial charge is 0.303 e. The van der Waals surface area contributed by atoms with Crippen LogP contribution in [0.15, 0.2) is 0 Å². The number of carbonyl (C=O) groups excluding carboxylic acids is 4. The fraction of sp³-hybridized carbons (Fsp3) is 0.854. The Labute approximate surface area is 333 Å². The SMILES string of the molecule is CCNCCCCCCNC(=O)CCCCC(=O)CNCCCCCC(=O)CC.NCCCCCCN.O=C(O)CCCCC(=O)O.O=C1CCCCCN1. The van der Waals surface area contributed by atoms with Gasteiger partial charge >= 0.3 is 11.9 Å². The van der Waals surface area contributed by atoms with E-state index in [0.717, 1.165) is 123 Å². The predicted octanol–water partition coefficient (Wildman–Crippen LogP) is 5.39. The van der Waals surface area contributed by atoms with Crippen molar-refractivity contribution in [2.45, 2.75) is 174 Å². The van der Waals surface area contributed by atoms with Crippen molar-refractivity contribution < 1.29 is 39.0 Å².